The fourth-order valence-electron chi connectivity index (χ4n) is 11.3. The van der Waals surface area contributed by atoms with Crippen LogP contribution < -0.4 is 26.2 Å². The number of hydrogen-bond acceptors (Lipinski definition) is 18. The Balaban J connectivity index is 1.29. The van der Waals surface area contributed by atoms with Gasteiger partial charge in [-0.25, -0.2) is 9.97 Å². The number of carbonyl (C=O) groups is 5. The van der Waals surface area contributed by atoms with Gasteiger partial charge in [0, 0.05) is 60.7 Å². The molecule has 2 aromatic heterocycles. The van der Waals surface area contributed by atoms with Crippen LogP contribution in [0.3, 0.4) is 0 Å². The smallest absolute Gasteiger partial charge is 0.322 e. The lowest BCUT2D eigenvalue weighted by Crippen LogP contribution is -2.32. The molecular formula is C59H65N8O21S5+. The molecule has 0 atom stereocenters. The number of carboxylic acids is 1. The molecule has 0 unspecified atom stereocenters. The minimum absolute atomic E-state index is 0.00611. The molecule has 0 radical (unpaired) electrons. The Bertz CT molecular complexity index is 4710. The van der Waals surface area contributed by atoms with Crippen LogP contribution in [0.2, 0.25) is 0 Å². The second kappa shape index (κ2) is 27.2. The molecule has 4 amide bonds. The van der Waals surface area contributed by atoms with E-state index < -0.39 is 163 Å². The average Bonchev–Trinajstić information content (AvgIpc) is 1.60. The lowest BCUT2D eigenvalue weighted by atomic mass is 9.79. The van der Waals surface area contributed by atoms with Gasteiger partial charge in [-0.3, -0.25) is 46.7 Å². The summed E-state index contributed by atoms with van der Waals surface area (Å²) in [5.41, 5.74) is 1.29. The van der Waals surface area contributed by atoms with Crippen LogP contribution in [0.4, 0.5) is 11.4 Å². The number of benzene rings is 4. The minimum Gasteiger partial charge on any atom is -0.480 e. The van der Waals surface area contributed by atoms with Crippen molar-refractivity contribution in [1.29, 1.82) is 0 Å². The molecule has 496 valence electrons. The largest absolute Gasteiger partial charge is 0.480 e. The van der Waals surface area contributed by atoms with Crippen molar-refractivity contribution in [3.63, 3.8) is 0 Å². The average molecular weight is 1380 g/mol. The van der Waals surface area contributed by atoms with Gasteiger partial charge in [-0.2, -0.15) is 46.7 Å². The van der Waals surface area contributed by atoms with E-state index in [1.54, 1.807) is 78.9 Å². The van der Waals surface area contributed by atoms with Crippen LogP contribution in [0.25, 0.3) is 43.8 Å². The zero-order valence-corrected chi connectivity index (χ0v) is 54.2. The van der Waals surface area contributed by atoms with Crippen molar-refractivity contribution in [1.82, 2.24) is 31.2 Å². The van der Waals surface area contributed by atoms with E-state index >= 15 is 0 Å². The highest BCUT2D eigenvalue weighted by atomic mass is 32.2. The molecular weight excluding hydrogens is 1320 g/mol. The number of aromatic nitrogens is 2. The molecule has 0 bridgehead atoms. The molecule has 2 aliphatic rings. The van der Waals surface area contributed by atoms with Gasteiger partial charge in [0.05, 0.1) is 45.3 Å². The first-order chi connectivity index (χ1) is 43.2. The molecule has 2 aliphatic heterocycles. The summed E-state index contributed by atoms with van der Waals surface area (Å²) in [6.45, 7) is 5.07. The molecule has 4 heterocycles. The minimum atomic E-state index is -4.53. The summed E-state index contributed by atoms with van der Waals surface area (Å²) < 4.78 is 168. The summed E-state index contributed by atoms with van der Waals surface area (Å²) >= 11 is 0. The van der Waals surface area contributed by atoms with E-state index in [9.17, 15) is 93.9 Å². The van der Waals surface area contributed by atoms with Crippen molar-refractivity contribution >= 4 is 119 Å². The summed E-state index contributed by atoms with van der Waals surface area (Å²) in [6.07, 6.45) is 5.15. The van der Waals surface area contributed by atoms with Crippen LogP contribution in [-0.2, 0) is 66.2 Å². The summed E-state index contributed by atoms with van der Waals surface area (Å²) in [4.78, 5) is 76.2. The third-order valence-corrected chi connectivity index (χ3v) is 19.2. The van der Waals surface area contributed by atoms with Gasteiger partial charge in [0.2, 0.25) is 5.69 Å². The standard InChI is InChI=1S/C59H64N8O21S5/c1-58(2)43-32-41(35-28-45(54(70)60-18-25-91(80,81)82)64-46(29-35)55(71)61-19-26-92(83,84)85)37-12-5-7-14-39(37)52(43)66(21-10-23-89(74,75)76)49(58)16-9-17-50-59(3,4)44-33-42(38-13-6-8-15-40(38)53(44)67(50)22-11-24-90(77,78)79)36-30-47(56(72)62-20-27-93(86,87)88)65-48(31-36)57(73)63-34-51(68)69/h5-9,12-17,28-33H,10-11,18-27,34H2,1-4H3,(H9-,60,61,62,63,68,69,70,71,72,73,74,75,76,77,78,79,80,81,82,83,84,85,86,87,88)/p+1. The number of rotatable bonds is 27. The van der Waals surface area contributed by atoms with Crippen LogP contribution >= 0.6 is 0 Å². The van der Waals surface area contributed by atoms with Gasteiger partial charge in [0.25, 0.3) is 74.2 Å². The topological polar surface area (TPSA) is 458 Å². The fourth-order valence-corrected chi connectivity index (χ4v) is 13.3. The number of aliphatic carboxylic acids is 1. The predicted molar refractivity (Wildman–Crippen MR) is 343 cm³/mol. The number of amides is 4. The maximum absolute atomic E-state index is 13.7. The zero-order chi connectivity index (χ0) is 68.4. The van der Waals surface area contributed by atoms with Crippen molar-refractivity contribution in [2.24, 2.45) is 0 Å². The van der Waals surface area contributed by atoms with Crippen molar-refractivity contribution in [3.8, 4) is 22.3 Å². The summed E-state index contributed by atoms with van der Waals surface area (Å²) in [5.74, 6) is -9.09. The van der Waals surface area contributed by atoms with E-state index in [4.69, 9.17) is 0 Å². The van der Waals surface area contributed by atoms with Crippen LogP contribution in [-0.4, -0.2) is 188 Å². The van der Waals surface area contributed by atoms with Gasteiger partial charge in [-0.05, 0) is 107 Å². The first-order valence-corrected chi connectivity index (χ1v) is 36.4. The Kier molecular flexibility index (Phi) is 20.6. The van der Waals surface area contributed by atoms with E-state index in [0.29, 0.717) is 66.6 Å². The van der Waals surface area contributed by atoms with Crippen molar-refractivity contribution in [2.75, 3.05) is 72.9 Å². The number of fused-ring (bicyclic) bond motifs is 6. The molecule has 0 saturated heterocycles. The summed E-state index contributed by atoms with van der Waals surface area (Å²) in [7, 11) is -22.5. The number of hydrogen-bond donors (Lipinski definition) is 10. The van der Waals surface area contributed by atoms with Crippen molar-refractivity contribution in [2.45, 2.75) is 51.4 Å². The van der Waals surface area contributed by atoms with Gasteiger partial charge in [-0.1, -0.05) is 62.4 Å². The first kappa shape index (κ1) is 70.4. The Hall–Kier alpha value is -8.45. The van der Waals surface area contributed by atoms with Crippen LogP contribution in [0, 0.1) is 0 Å². The van der Waals surface area contributed by atoms with Crippen LogP contribution in [0.15, 0.2) is 109 Å². The monoisotopic (exact) mass is 1380 g/mol. The van der Waals surface area contributed by atoms with Gasteiger partial charge in [-0.15, -0.1) is 0 Å². The number of nitrogens with zero attached hydrogens (tertiary/aromatic N) is 4. The Labute approximate surface area is 534 Å². The molecule has 93 heavy (non-hydrogen) atoms. The number of pyridine rings is 2. The van der Waals surface area contributed by atoms with Gasteiger partial charge in [0.1, 0.15) is 35.9 Å². The number of nitrogens with one attached hydrogen (secondary N) is 4. The predicted octanol–water partition coefficient (Wildman–Crippen LogP) is 3.95. The highest BCUT2D eigenvalue weighted by Crippen LogP contribution is 2.54. The molecule has 10 N–H and O–H groups in total. The molecule has 8 rings (SSSR count). The number of allylic oxidation sites excluding steroid dienone is 4. The quantitative estimate of drug-likeness (QED) is 0.0258. The van der Waals surface area contributed by atoms with Crippen LogP contribution in [0.5, 0.6) is 0 Å². The Morgan fingerprint density at radius 2 is 0.914 bits per heavy atom. The molecule has 34 heteroatoms. The Morgan fingerprint density at radius 1 is 0.516 bits per heavy atom. The highest BCUT2D eigenvalue weighted by Gasteiger charge is 2.47. The SMILES string of the molecule is CC1(C)C(/C=C/C=C2/N(CCCS(=O)(=O)O)c3c(cc(-c4cc(C(=O)NCCS(=O)(=O)O)nc(C(=O)NCC(=O)O)c4)c4ccccc34)C2(C)C)=[N+](CCCS(=O)(=O)O)c2c1cc(-c1cc(C(=O)NCCS(=O)(=O)O)nc(C(=O)NCCS(=O)(=O)O)c1)c1ccccc21. The summed E-state index contributed by atoms with van der Waals surface area (Å²) in [5, 5.41) is 20.8. The van der Waals surface area contributed by atoms with Crippen LogP contribution in [0.1, 0.15) is 93.6 Å². The van der Waals surface area contributed by atoms with Crippen molar-refractivity contribution < 1.29 is 98.5 Å². The zero-order valence-electron chi connectivity index (χ0n) is 50.1. The molecule has 0 spiro atoms. The normalized spacial score (nSPS) is 15.2. The van der Waals surface area contributed by atoms with Crippen molar-refractivity contribution in [3.05, 3.63) is 143 Å². The molecule has 29 nitrogen and oxygen atoms in total. The molecule has 0 fully saturated rings. The fraction of sp³-hybridized carbons (Fsp3) is 0.322. The molecule has 6 aromatic rings. The molecule has 0 aliphatic carbocycles. The maximum Gasteiger partial charge on any atom is 0.322 e. The lowest BCUT2D eigenvalue weighted by Gasteiger charge is -2.27. The third-order valence-electron chi connectivity index (χ3n) is 15.4. The third kappa shape index (κ3) is 17.2. The van der Waals surface area contributed by atoms with E-state index in [1.165, 1.54) is 24.3 Å². The second-order valence-electron chi connectivity index (χ2n) is 22.8. The summed E-state index contributed by atoms with van der Waals surface area (Å²) in [6, 6.07) is 23.0. The molecule has 4 aromatic carbocycles. The van der Waals surface area contributed by atoms with Gasteiger partial charge < -0.3 is 31.3 Å². The number of carbonyl (C=O) groups excluding carboxylic acids is 4. The lowest BCUT2D eigenvalue weighted by molar-refractivity contribution is -0.435. The van der Waals surface area contributed by atoms with Gasteiger partial charge in [0.15, 0.2) is 5.71 Å². The van der Waals surface area contributed by atoms with E-state index in [2.05, 4.69) is 31.2 Å². The second-order valence-corrected chi connectivity index (χ2v) is 30.7. The Morgan fingerprint density at radius 3 is 1.35 bits per heavy atom. The number of anilines is 1. The van der Waals surface area contributed by atoms with E-state index in [1.807, 2.05) is 37.2 Å². The van der Waals surface area contributed by atoms with Gasteiger partial charge >= 0.3 is 5.97 Å². The number of carboxylic acid groups (broad SMARTS) is 1. The first-order valence-electron chi connectivity index (χ1n) is 28.3. The highest BCUT2D eigenvalue weighted by molar-refractivity contribution is 7.86. The maximum atomic E-state index is 13.7. The van der Waals surface area contributed by atoms with E-state index in [-0.39, 0.29) is 42.8 Å². The van der Waals surface area contributed by atoms with E-state index in [0.717, 1.165) is 0 Å². The molecule has 0 saturated carbocycles.